The number of sulfonamides is 1. The lowest BCUT2D eigenvalue weighted by molar-refractivity contribution is -0.274. The lowest BCUT2D eigenvalue weighted by Crippen LogP contribution is -2.23. The monoisotopic (exact) mass is 485 g/mol. The first-order valence-electron chi connectivity index (χ1n) is 9.39. The second-order valence-corrected chi connectivity index (χ2v) is 8.48. The number of rotatable bonds is 8. The topological polar surface area (TPSA) is 73.9 Å². The predicted molar refractivity (Wildman–Crippen MR) is 112 cm³/mol. The standard InChI is InChI=1S/C22H19F4NO5S/c1-30-20-10-5-16(23)12-19(20)14-3-4-15(21(11-14)31-2)13-27-33(28,29)18-8-6-17(7-9-18)32-22(24,25)26/h3-12,27H,13H2,1-2H3. The van der Waals surface area contributed by atoms with E-state index < -0.39 is 28.0 Å². The van der Waals surface area contributed by atoms with E-state index in [-0.39, 0.29) is 11.4 Å². The number of ether oxygens (including phenoxy) is 3. The number of nitrogens with one attached hydrogen (secondary N) is 1. The van der Waals surface area contributed by atoms with E-state index in [1.807, 2.05) is 0 Å². The van der Waals surface area contributed by atoms with Crippen molar-refractivity contribution in [3.63, 3.8) is 0 Å². The fourth-order valence-electron chi connectivity index (χ4n) is 3.04. The molecular formula is C22H19F4NO5S. The van der Waals surface area contributed by atoms with E-state index in [0.29, 0.717) is 28.2 Å². The van der Waals surface area contributed by atoms with Gasteiger partial charge in [-0.05, 0) is 54.1 Å². The minimum absolute atomic E-state index is 0.160. The van der Waals surface area contributed by atoms with Crippen LogP contribution in [0.5, 0.6) is 17.2 Å². The molecule has 6 nitrogen and oxygen atoms in total. The predicted octanol–water partition coefficient (Wildman–Crippen LogP) is 4.89. The first-order valence-corrected chi connectivity index (χ1v) is 10.9. The van der Waals surface area contributed by atoms with Gasteiger partial charge in [0.1, 0.15) is 23.1 Å². The van der Waals surface area contributed by atoms with Crippen LogP contribution in [0.25, 0.3) is 11.1 Å². The number of hydrogen-bond acceptors (Lipinski definition) is 5. The van der Waals surface area contributed by atoms with Gasteiger partial charge < -0.3 is 14.2 Å². The molecule has 0 aliphatic rings. The Kier molecular flexibility index (Phi) is 7.13. The average molecular weight is 485 g/mol. The second kappa shape index (κ2) is 9.67. The molecule has 1 N–H and O–H groups in total. The molecule has 0 fully saturated rings. The summed E-state index contributed by atoms with van der Waals surface area (Å²) in [5.41, 5.74) is 1.57. The Morgan fingerprint density at radius 1 is 0.879 bits per heavy atom. The van der Waals surface area contributed by atoms with Gasteiger partial charge in [0.05, 0.1) is 19.1 Å². The quantitative estimate of drug-likeness (QED) is 0.460. The molecule has 0 radical (unpaired) electrons. The summed E-state index contributed by atoms with van der Waals surface area (Å²) >= 11 is 0. The summed E-state index contributed by atoms with van der Waals surface area (Å²) in [7, 11) is -1.18. The summed E-state index contributed by atoms with van der Waals surface area (Å²) in [5, 5.41) is 0. The van der Waals surface area contributed by atoms with Crippen molar-refractivity contribution in [2.45, 2.75) is 17.8 Å². The maximum absolute atomic E-state index is 13.7. The van der Waals surface area contributed by atoms with Crippen LogP contribution in [0.1, 0.15) is 5.56 Å². The average Bonchev–Trinajstić information content (AvgIpc) is 2.77. The molecule has 33 heavy (non-hydrogen) atoms. The van der Waals surface area contributed by atoms with E-state index >= 15 is 0 Å². The summed E-state index contributed by atoms with van der Waals surface area (Å²) in [6.07, 6.45) is -4.88. The molecule has 11 heteroatoms. The molecule has 0 atom stereocenters. The van der Waals surface area contributed by atoms with Gasteiger partial charge in [-0.15, -0.1) is 13.2 Å². The minimum atomic E-state index is -4.88. The van der Waals surface area contributed by atoms with Gasteiger partial charge in [-0.2, -0.15) is 0 Å². The van der Waals surface area contributed by atoms with Gasteiger partial charge in [0, 0.05) is 17.7 Å². The van der Waals surface area contributed by atoms with Gasteiger partial charge in [-0.3, -0.25) is 0 Å². The van der Waals surface area contributed by atoms with Crippen molar-refractivity contribution in [1.29, 1.82) is 0 Å². The van der Waals surface area contributed by atoms with Crippen molar-refractivity contribution in [1.82, 2.24) is 4.72 Å². The maximum Gasteiger partial charge on any atom is 0.573 e. The normalized spacial score (nSPS) is 11.8. The zero-order chi connectivity index (χ0) is 24.2. The van der Waals surface area contributed by atoms with Crippen LogP contribution >= 0.6 is 0 Å². The number of methoxy groups -OCH3 is 2. The Balaban J connectivity index is 1.79. The molecule has 3 aromatic rings. The number of halogens is 4. The first kappa shape index (κ1) is 24.3. The van der Waals surface area contributed by atoms with E-state index in [4.69, 9.17) is 9.47 Å². The van der Waals surface area contributed by atoms with Gasteiger partial charge in [0.2, 0.25) is 10.0 Å². The highest BCUT2D eigenvalue weighted by molar-refractivity contribution is 7.89. The van der Waals surface area contributed by atoms with Gasteiger partial charge >= 0.3 is 6.36 Å². The summed E-state index contributed by atoms with van der Waals surface area (Å²) in [6.45, 7) is -0.160. The zero-order valence-electron chi connectivity index (χ0n) is 17.4. The highest BCUT2D eigenvalue weighted by Gasteiger charge is 2.31. The molecule has 176 valence electrons. The van der Waals surface area contributed by atoms with Gasteiger partial charge in [0.15, 0.2) is 0 Å². The van der Waals surface area contributed by atoms with Gasteiger partial charge in [0.25, 0.3) is 0 Å². The Labute approximate surface area is 187 Å². The molecule has 0 heterocycles. The zero-order valence-corrected chi connectivity index (χ0v) is 18.3. The van der Waals surface area contributed by atoms with Crippen molar-refractivity contribution in [3.8, 4) is 28.4 Å². The molecule has 3 aromatic carbocycles. The Morgan fingerprint density at radius 3 is 2.15 bits per heavy atom. The Bertz CT molecular complexity index is 1230. The molecule has 0 aromatic heterocycles. The van der Waals surface area contributed by atoms with E-state index in [2.05, 4.69) is 9.46 Å². The molecule has 0 bridgehead atoms. The molecule has 0 unspecified atom stereocenters. The van der Waals surface area contributed by atoms with Crippen molar-refractivity contribution < 1.29 is 40.2 Å². The van der Waals surface area contributed by atoms with Crippen LogP contribution in [0, 0.1) is 5.82 Å². The number of benzene rings is 3. The van der Waals surface area contributed by atoms with Crippen LogP contribution in [0.3, 0.4) is 0 Å². The lowest BCUT2D eigenvalue weighted by Gasteiger charge is -2.14. The molecule has 0 amide bonds. The third-order valence-corrected chi connectivity index (χ3v) is 6.00. The molecule has 3 rings (SSSR count). The summed E-state index contributed by atoms with van der Waals surface area (Å²) in [4.78, 5) is -0.239. The third-order valence-electron chi connectivity index (χ3n) is 4.58. The van der Waals surface area contributed by atoms with E-state index in [0.717, 1.165) is 24.3 Å². The van der Waals surface area contributed by atoms with Crippen molar-refractivity contribution in [2.75, 3.05) is 14.2 Å². The fourth-order valence-corrected chi connectivity index (χ4v) is 4.05. The van der Waals surface area contributed by atoms with E-state index in [1.54, 1.807) is 18.2 Å². The molecule has 0 saturated heterocycles. The third kappa shape index (κ3) is 6.14. The van der Waals surface area contributed by atoms with E-state index in [9.17, 15) is 26.0 Å². The summed E-state index contributed by atoms with van der Waals surface area (Å²) in [5.74, 6) is -0.194. The van der Waals surface area contributed by atoms with Gasteiger partial charge in [-0.1, -0.05) is 12.1 Å². The minimum Gasteiger partial charge on any atom is -0.496 e. The van der Waals surface area contributed by atoms with E-state index in [1.165, 1.54) is 32.4 Å². The second-order valence-electron chi connectivity index (χ2n) is 6.71. The van der Waals surface area contributed by atoms with Crippen LogP contribution in [-0.4, -0.2) is 29.0 Å². The van der Waals surface area contributed by atoms with Crippen LogP contribution in [0.15, 0.2) is 65.6 Å². The molecular weight excluding hydrogens is 466 g/mol. The largest absolute Gasteiger partial charge is 0.573 e. The maximum atomic E-state index is 13.7. The summed E-state index contributed by atoms with van der Waals surface area (Å²) < 4.78 is 92.3. The van der Waals surface area contributed by atoms with Crippen molar-refractivity contribution in [2.24, 2.45) is 0 Å². The fraction of sp³-hybridized carbons (Fsp3) is 0.182. The van der Waals surface area contributed by atoms with Crippen molar-refractivity contribution in [3.05, 3.63) is 72.0 Å². The Hall–Kier alpha value is -3.31. The number of hydrogen-bond donors (Lipinski definition) is 1. The van der Waals surface area contributed by atoms with Crippen LogP contribution in [0.2, 0.25) is 0 Å². The number of alkyl halides is 3. The van der Waals surface area contributed by atoms with Gasteiger partial charge in [-0.25, -0.2) is 17.5 Å². The van der Waals surface area contributed by atoms with Crippen LogP contribution in [0.4, 0.5) is 17.6 Å². The van der Waals surface area contributed by atoms with Crippen LogP contribution in [-0.2, 0) is 16.6 Å². The summed E-state index contributed by atoms with van der Waals surface area (Å²) in [6, 6.07) is 12.8. The van der Waals surface area contributed by atoms with Crippen LogP contribution < -0.4 is 18.9 Å². The Morgan fingerprint density at radius 2 is 1.55 bits per heavy atom. The SMILES string of the molecule is COc1cc(-c2cc(F)ccc2OC)ccc1CNS(=O)(=O)c1ccc(OC(F)(F)F)cc1. The highest BCUT2D eigenvalue weighted by Crippen LogP contribution is 2.34. The first-order chi connectivity index (χ1) is 15.5. The lowest BCUT2D eigenvalue weighted by atomic mass is 10.0. The molecule has 0 aliphatic carbocycles. The van der Waals surface area contributed by atoms with Crippen molar-refractivity contribution >= 4 is 10.0 Å². The molecule has 0 spiro atoms. The highest BCUT2D eigenvalue weighted by atomic mass is 32.2. The molecule has 0 saturated carbocycles. The molecule has 0 aliphatic heterocycles. The smallest absolute Gasteiger partial charge is 0.496 e.